The van der Waals surface area contributed by atoms with Gasteiger partial charge in [-0.2, -0.15) is 0 Å². The van der Waals surface area contributed by atoms with Gasteiger partial charge < -0.3 is 15.0 Å². The van der Waals surface area contributed by atoms with Gasteiger partial charge in [0.25, 0.3) is 0 Å². The normalized spacial score (nSPS) is 12.7. The van der Waals surface area contributed by atoms with Crippen LogP contribution in [-0.4, -0.2) is 57.1 Å². The lowest BCUT2D eigenvalue weighted by Crippen LogP contribution is -2.54. The van der Waals surface area contributed by atoms with Crippen LogP contribution < -0.4 is 14.4 Å². The third kappa shape index (κ3) is 8.75. The van der Waals surface area contributed by atoms with E-state index in [2.05, 4.69) is 5.32 Å². The monoisotopic (exact) mass is 587 g/mol. The van der Waals surface area contributed by atoms with Gasteiger partial charge in [0.15, 0.2) is 11.6 Å². The first-order chi connectivity index (χ1) is 19.4. The first-order valence-corrected chi connectivity index (χ1v) is 15.0. The van der Waals surface area contributed by atoms with E-state index in [4.69, 9.17) is 4.74 Å². The molecule has 0 saturated carbocycles. The van der Waals surface area contributed by atoms with E-state index in [1.807, 2.05) is 44.2 Å². The molecule has 3 aromatic carbocycles. The fraction of sp³-hybridized carbons (Fsp3) is 0.333. The number of methoxy groups -OCH3 is 1. The maximum absolute atomic E-state index is 14.1. The largest absolute Gasteiger partial charge is 0.497 e. The summed E-state index contributed by atoms with van der Waals surface area (Å²) in [5, 5.41) is 2.94. The van der Waals surface area contributed by atoms with Crippen LogP contribution >= 0.6 is 0 Å². The molecule has 3 aromatic rings. The molecule has 2 atom stereocenters. The Labute approximate surface area is 240 Å². The zero-order chi connectivity index (χ0) is 30.2. The Morgan fingerprint density at radius 2 is 1.63 bits per heavy atom. The summed E-state index contributed by atoms with van der Waals surface area (Å²) in [7, 11) is -2.61. The van der Waals surface area contributed by atoms with Crippen LogP contribution in [0.15, 0.2) is 72.8 Å². The second-order valence-corrected chi connectivity index (χ2v) is 11.7. The molecule has 0 unspecified atom stereocenters. The quantitative estimate of drug-likeness (QED) is 0.322. The highest BCUT2D eigenvalue weighted by Crippen LogP contribution is 2.23. The molecular formula is C30H35F2N3O5S. The number of rotatable bonds is 13. The number of benzene rings is 3. The third-order valence-electron chi connectivity index (χ3n) is 6.63. The van der Waals surface area contributed by atoms with E-state index >= 15 is 0 Å². The first-order valence-electron chi connectivity index (χ1n) is 13.1. The number of sulfonamides is 1. The van der Waals surface area contributed by atoms with Crippen LogP contribution in [0.4, 0.5) is 14.5 Å². The lowest BCUT2D eigenvalue weighted by molar-refractivity contribution is -0.140. The van der Waals surface area contributed by atoms with E-state index in [0.717, 1.165) is 24.0 Å². The van der Waals surface area contributed by atoms with E-state index in [0.29, 0.717) is 28.1 Å². The molecule has 0 radical (unpaired) electrons. The van der Waals surface area contributed by atoms with Crippen LogP contribution in [0.2, 0.25) is 0 Å². The second kappa shape index (κ2) is 14.1. The van der Waals surface area contributed by atoms with Crippen molar-refractivity contribution < 1.29 is 31.5 Å². The first kappa shape index (κ1) is 31.5. The van der Waals surface area contributed by atoms with E-state index < -0.39 is 46.1 Å². The van der Waals surface area contributed by atoms with Crippen LogP contribution in [0.25, 0.3) is 0 Å². The topological polar surface area (TPSA) is 96.0 Å². The lowest BCUT2D eigenvalue weighted by atomic mass is 10.0. The number of hydrogen-bond acceptors (Lipinski definition) is 5. The molecule has 0 fully saturated rings. The lowest BCUT2D eigenvalue weighted by Gasteiger charge is -2.34. The van der Waals surface area contributed by atoms with Crippen molar-refractivity contribution in [3.8, 4) is 5.75 Å². The Balaban J connectivity index is 2.08. The second-order valence-electron chi connectivity index (χ2n) is 9.76. The van der Waals surface area contributed by atoms with Crippen molar-refractivity contribution in [3.05, 3.63) is 95.6 Å². The number of anilines is 1. The molecular weight excluding hydrogens is 552 g/mol. The highest BCUT2D eigenvalue weighted by Gasteiger charge is 2.33. The summed E-state index contributed by atoms with van der Waals surface area (Å²) in [6.07, 6.45) is 1.68. The van der Waals surface area contributed by atoms with Crippen LogP contribution in [-0.2, 0) is 32.6 Å². The van der Waals surface area contributed by atoms with Gasteiger partial charge in [-0.1, -0.05) is 49.4 Å². The van der Waals surface area contributed by atoms with Crippen molar-refractivity contribution in [2.24, 2.45) is 0 Å². The number of nitrogens with zero attached hydrogens (tertiary/aromatic N) is 2. The van der Waals surface area contributed by atoms with Gasteiger partial charge in [0.1, 0.15) is 18.3 Å². The molecule has 3 rings (SSSR count). The SMILES string of the molecule is CC[C@@H](C)NC(=O)[C@@H](Cc1ccccc1)N(Cc1cccc(OC)c1)C(=O)CN(c1ccc(F)c(F)c1)S(C)(=O)=O. The highest BCUT2D eigenvalue weighted by molar-refractivity contribution is 7.92. The Hall–Kier alpha value is -3.99. The van der Waals surface area contributed by atoms with Crippen LogP contribution in [0.3, 0.4) is 0 Å². The summed E-state index contributed by atoms with van der Waals surface area (Å²) < 4.78 is 59.2. The minimum absolute atomic E-state index is 0.0448. The molecule has 11 heteroatoms. The average molecular weight is 588 g/mol. The minimum Gasteiger partial charge on any atom is -0.497 e. The average Bonchev–Trinajstić information content (AvgIpc) is 2.94. The number of nitrogens with one attached hydrogen (secondary N) is 1. The maximum atomic E-state index is 14.1. The maximum Gasteiger partial charge on any atom is 0.244 e. The predicted molar refractivity (Wildman–Crippen MR) is 154 cm³/mol. The fourth-order valence-electron chi connectivity index (χ4n) is 4.22. The summed E-state index contributed by atoms with van der Waals surface area (Å²) in [5.41, 5.74) is 1.22. The summed E-state index contributed by atoms with van der Waals surface area (Å²) >= 11 is 0. The fourth-order valence-corrected chi connectivity index (χ4v) is 5.06. The minimum atomic E-state index is -4.11. The smallest absolute Gasteiger partial charge is 0.244 e. The standard InChI is InChI=1S/C30H35F2N3O5S/c1-5-21(2)33-30(37)28(17-22-10-7-6-8-11-22)34(19-23-12-9-13-25(16-23)40-3)29(36)20-35(41(4,38)39)24-14-15-26(31)27(32)18-24/h6-16,18,21,28H,5,17,19-20H2,1-4H3,(H,33,37)/t21-,28-/m1/s1. The van der Waals surface area contributed by atoms with Gasteiger partial charge in [-0.15, -0.1) is 0 Å². The van der Waals surface area contributed by atoms with Gasteiger partial charge in [0.05, 0.1) is 19.1 Å². The van der Waals surface area contributed by atoms with Gasteiger partial charge in [-0.05, 0) is 48.7 Å². The summed E-state index contributed by atoms with van der Waals surface area (Å²) in [5.74, 6) is -2.98. The molecule has 0 heterocycles. The van der Waals surface area contributed by atoms with Crippen molar-refractivity contribution in [1.82, 2.24) is 10.2 Å². The highest BCUT2D eigenvalue weighted by atomic mass is 32.2. The molecule has 0 bridgehead atoms. The van der Waals surface area contributed by atoms with Gasteiger partial charge in [-0.25, -0.2) is 17.2 Å². The molecule has 0 aliphatic heterocycles. The molecule has 2 amide bonds. The number of halogens is 2. The Morgan fingerprint density at radius 3 is 2.24 bits per heavy atom. The molecule has 0 saturated heterocycles. The van der Waals surface area contributed by atoms with Crippen LogP contribution in [0.1, 0.15) is 31.4 Å². The van der Waals surface area contributed by atoms with Crippen LogP contribution in [0, 0.1) is 11.6 Å². The van der Waals surface area contributed by atoms with E-state index in [1.165, 1.54) is 12.0 Å². The summed E-state index contributed by atoms with van der Waals surface area (Å²) in [4.78, 5) is 29.0. The van der Waals surface area contributed by atoms with E-state index in [1.54, 1.807) is 24.3 Å². The predicted octanol–water partition coefficient (Wildman–Crippen LogP) is 4.29. The molecule has 8 nitrogen and oxygen atoms in total. The number of carbonyl (C=O) groups excluding carboxylic acids is 2. The van der Waals surface area contributed by atoms with Crippen molar-refractivity contribution in [2.75, 3.05) is 24.2 Å². The molecule has 0 aliphatic rings. The van der Waals surface area contributed by atoms with E-state index in [9.17, 15) is 26.8 Å². The number of amides is 2. The van der Waals surface area contributed by atoms with Gasteiger partial charge in [0, 0.05) is 25.1 Å². The zero-order valence-electron chi connectivity index (χ0n) is 23.5. The van der Waals surface area contributed by atoms with Gasteiger partial charge in [0.2, 0.25) is 21.8 Å². The van der Waals surface area contributed by atoms with Crippen molar-refractivity contribution in [2.45, 2.75) is 45.3 Å². The molecule has 0 spiro atoms. The Morgan fingerprint density at radius 1 is 0.951 bits per heavy atom. The summed E-state index contributed by atoms with van der Waals surface area (Å²) in [6, 6.07) is 17.5. The number of ether oxygens (including phenoxy) is 1. The molecule has 1 N–H and O–H groups in total. The molecule has 220 valence electrons. The number of hydrogen-bond donors (Lipinski definition) is 1. The van der Waals surface area contributed by atoms with Gasteiger partial charge >= 0.3 is 0 Å². The van der Waals surface area contributed by atoms with Crippen molar-refractivity contribution >= 4 is 27.5 Å². The Bertz CT molecular complexity index is 1450. The Kier molecular flexibility index (Phi) is 10.8. The van der Waals surface area contributed by atoms with E-state index in [-0.39, 0.29) is 24.7 Å². The number of carbonyl (C=O) groups is 2. The summed E-state index contributed by atoms with van der Waals surface area (Å²) in [6.45, 7) is 2.98. The van der Waals surface area contributed by atoms with Gasteiger partial charge in [-0.3, -0.25) is 13.9 Å². The molecule has 41 heavy (non-hydrogen) atoms. The van der Waals surface area contributed by atoms with Crippen molar-refractivity contribution in [3.63, 3.8) is 0 Å². The van der Waals surface area contributed by atoms with Crippen LogP contribution in [0.5, 0.6) is 5.75 Å². The zero-order valence-corrected chi connectivity index (χ0v) is 24.3. The molecule has 0 aromatic heterocycles. The third-order valence-corrected chi connectivity index (χ3v) is 7.77. The van der Waals surface area contributed by atoms with Crippen molar-refractivity contribution in [1.29, 1.82) is 0 Å². The molecule has 0 aliphatic carbocycles.